The predicted octanol–water partition coefficient (Wildman–Crippen LogP) is 1.73. The van der Waals surface area contributed by atoms with Crippen LogP contribution in [0.4, 0.5) is 0 Å². The van der Waals surface area contributed by atoms with Crippen molar-refractivity contribution in [2.75, 3.05) is 0 Å². The number of rotatable bonds is 2. The van der Waals surface area contributed by atoms with Crippen molar-refractivity contribution in [1.82, 2.24) is 5.43 Å². The van der Waals surface area contributed by atoms with Crippen molar-refractivity contribution in [2.45, 2.75) is 0 Å². The molecule has 0 radical (unpaired) electrons. The summed E-state index contributed by atoms with van der Waals surface area (Å²) in [7, 11) is 0. The first-order chi connectivity index (χ1) is 6.72. The van der Waals surface area contributed by atoms with Gasteiger partial charge in [-0.25, -0.2) is 5.43 Å². The van der Waals surface area contributed by atoms with Crippen molar-refractivity contribution in [3.63, 3.8) is 0 Å². The van der Waals surface area contributed by atoms with Gasteiger partial charge in [-0.05, 0) is 17.7 Å². The maximum Gasteiger partial charge on any atom is 0.226 e. The molecule has 74 valence electrons. The molecule has 0 aliphatic carbocycles. The molecule has 0 fully saturated rings. The van der Waals surface area contributed by atoms with Crippen LogP contribution in [0.3, 0.4) is 0 Å². The molecule has 0 amide bonds. The highest BCUT2D eigenvalue weighted by Crippen LogP contribution is 2.08. The molecule has 1 aromatic carbocycles. The Morgan fingerprint density at radius 2 is 2.29 bits per heavy atom. The van der Waals surface area contributed by atoms with E-state index in [1.54, 1.807) is 18.3 Å². The van der Waals surface area contributed by atoms with Crippen molar-refractivity contribution >= 4 is 35.6 Å². The molecule has 0 unspecified atom stereocenters. The summed E-state index contributed by atoms with van der Waals surface area (Å²) in [6.07, 6.45) is 1.56. The van der Waals surface area contributed by atoms with Gasteiger partial charge in [-0.15, -0.1) is 4.51 Å². The minimum atomic E-state index is 0.0324. The Balaban J connectivity index is 2.60. The lowest BCUT2D eigenvalue weighted by molar-refractivity contribution is 1.02. The van der Waals surface area contributed by atoms with Gasteiger partial charge in [-0.2, -0.15) is 5.10 Å². The Kier molecular flexibility index (Phi) is 4.22. The second-order valence-corrected chi connectivity index (χ2v) is 3.00. The Hall–Kier alpha value is -1.26. The number of hydrogen-bond acceptors (Lipinski definition) is 2. The summed E-state index contributed by atoms with van der Waals surface area (Å²) in [6.45, 7) is 0. The first kappa shape index (κ1) is 10.8. The zero-order valence-corrected chi connectivity index (χ0v) is 8.63. The van der Waals surface area contributed by atoms with Crippen LogP contribution < -0.4 is 11.2 Å². The van der Waals surface area contributed by atoms with Crippen molar-refractivity contribution < 1.29 is 0 Å². The number of hydrazone groups is 1. The summed E-state index contributed by atoms with van der Waals surface area (Å²) < 4.78 is 3.15. The maximum absolute atomic E-state index is 5.76. The fourth-order valence-electron chi connectivity index (χ4n) is 0.779. The van der Waals surface area contributed by atoms with Gasteiger partial charge in [0.2, 0.25) is 5.96 Å². The van der Waals surface area contributed by atoms with Crippen LogP contribution in [0.5, 0.6) is 0 Å². The first-order valence-electron chi connectivity index (χ1n) is 3.71. The van der Waals surface area contributed by atoms with Gasteiger partial charge in [0, 0.05) is 16.8 Å². The van der Waals surface area contributed by atoms with Gasteiger partial charge in [0.15, 0.2) is 0 Å². The number of halogens is 2. The van der Waals surface area contributed by atoms with E-state index in [4.69, 9.17) is 29.1 Å². The van der Waals surface area contributed by atoms with Crippen LogP contribution in [-0.2, 0) is 0 Å². The highest BCUT2D eigenvalue weighted by atomic mass is 35.5. The van der Waals surface area contributed by atoms with Gasteiger partial charge < -0.3 is 5.73 Å². The molecule has 0 saturated carbocycles. The van der Waals surface area contributed by atoms with Gasteiger partial charge in [0.05, 0.1) is 6.21 Å². The minimum Gasteiger partial charge on any atom is -0.367 e. The zero-order chi connectivity index (χ0) is 10.4. The van der Waals surface area contributed by atoms with Crippen molar-refractivity contribution in [3.8, 4) is 0 Å². The van der Waals surface area contributed by atoms with Crippen LogP contribution in [-0.4, -0.2) is 12.2 Å². The quantitative estimate of drug-likeness (QED) is 0.462. The normalized spacial score (nSPS) is 12.0. The lowest BCUT2D eigenvalue weighted by Crippen LogP contribution is -2.26. The van der Waals surface area contributed by atoms with Gasteiger partial charge in [-0.1, -0.05) is 23.7 Å². The summed E-state index contributed by atoms with van der Waals surface area (Å²) >= 11 is 10.8. The molecule has 0 aliphatic heterocycles. The lowest BCUT2D eigenvalue weighted by atomic mass is 10.2. The van der Waals surface area contributed by atoms with Gasteiger partial charge in [0.1, 0.15) is 0 Å². The highest BCUT2D eigenvalue weighted by Gasteiger charge is 1.89. The first-order valence-corrected chi connectivity index (χ1v) is 4.43. The van der Waals surface area contributed by atoms with E-state index in [0.717, 1.165) is 5.56 Å². The van der Waals surface area contributed by atoms with Crippen LogP contribution in [0.25, 0.3) is 0 Å². The molecule has 0 heterocycles. The average Bonchev–Trinajstić information content (AvgIpc) is 2.17. The number of benzene rings is 1. The van der Waals surface area contributed by atoms with Crippen molar-refractivity contribution in [2.24, 2.45) is 15.3 Å². The Morgan fingerprint density at radius 1 is 1.50 bits per heavy atom. The summed E-state index contributed by atoms with van der Waals surface area (Å²) in [5.74, 6) is 0.0324. The molecule has 1 rings (SSSR count). The second-order valence-electron chi connectivity index (χ2n) is 2.39. The molecule has 0 bridgehead atoms. The molecular formula is C8H8Cl2N4. The van der Waals surface area contributed by atoms with Crippen LogP contribution >= 0.6 is 23.4 Å². The van der Waals surface area contributed by atoms with E-state index in [2.05, 4.69) is 15.0 Å². The molecule has 14 heavy (non-hydrogen) atoms. The summed E-state index contributed by atoms with van der Waals surface area (Å²) in [6, 6.07) is 7.22. The van der Waals surface area contributed by atoms with E-state index in [9.17, 15) is 0 Å². The third kappa shape index (κ3) is 3.64. The average molecular weight is 231 g/mol. The Labute approximate surface area is 91.5 Å². The van der Waals surface area contributed by atoms with E-state index >= 15 is 0 Å². The SMILES string of the molecule is N/C(=N\Cl)NN=Cc1cccc(Cl)c1. The molecule has 0 saturated heterocycles. The molecule has 0 spiro atoms. The predicted molar refractivity (Wildman–Crippen MR) is 59.7 cm³/mol. The molecule has 0 aromatic heterocycles. The third-order valence-corrected chi connectivity index (χ3v) is 1.75. The topological polar surface area (TPSA) is 62.8 Å². The molecule has 6 heteroatoms. The largest absolute Gasteiger partial charge is 0.367 e. The lowest BCUT2D eigenvalue weighted by Gasteiger charge is -1.95. The smallest absolute Gasteiger partial charge is 0.226 e. The van der Waals surface area contributed by atoms with Crippen molar-refractivity contribution in [1.29, 1.82) is 0 Å². The van der Waals surface area contributed by atoms with E-state index in [0.29, 0.717) is 5.02 Å². The number of nitrogens with two attached hydrogens (primary N) is 1. The fraction of sp³-hybridized carbons (Fsp3) is 0. The van der Waals surface area contributed by atoms with Gasteiger partial charge in [-0.3, -0.25) is 0 Å². The third-order valence-electron chi connectivity index (χ3n) is 1.33. The van der Waals surface area contributed by atoms with Crippen LogP contribution in [0.15, 0.2) is 33.9 Å². The van der Waals surface area contributed by atoms with Crippen LogP contribution in [0.2, 0.25) is 5.02 Å². The summed E-state index contributed by atoms with van der Waals surface area (Å²) in [5, 5.41) is 4.43. The second kappa shape index (κ2) is 5.47. The monoisotopic (exact) mass is 230 g/mol. The standard InChI is InChI=1S/C8H8Cl2N4/c9-7-3-1-2-6(4-7)5-12-14-8(11)13-10/h1-5H,(H3,11,13,14). The van der Waals surface area contributed by atoms with Crippen molar-refractivity contribution in [3.05, 3.63) is 34.9 Å². The van der Waals surface area contributed by atoms with E-state index in [1.807, 2.05) is 12.1 Å². The van der Waals surface area contributed by atoms with E-state index in [-0.39, 0.29) is 5.96 Å². The van der Waals surface area contributed by atoms with Gasteiger partial charge in [0.25, 0.3) is 0 Å². The zero-order valence-electron chi connectivity index (χ0n) is 7.11. The minimum absolute atomic E-state index is 0.0324. The molecule has 0 atom stereocenters. The molecule has 0 aliphatic rings. The molecule has 1 aromatic rings. The molecule has 3 N–H and O–H groups in total. The number of nitrogens with one attached hydrogen (secondary N) is 1. The fourth-order valence-corrected chi connectivity index (χ4v) is 1.02. The number of guanidine groups is 1. The summed E-state index contributed by atoms with van der Waals surface area (Å²) in [4.78, 5) is 0. The highest BCUT2D eigenvalue weighted by molar-refractivity contribution is 6.30. The number of nitrogens with zero attached hydrogens (tertiary/aromatic N) is 2. The van der Waals surface area contributed by atoms with E-state index < -0.39 is 0 Å². The number of hydrogen-bond donors (Lipinski definition) is 2. The Morgan fingerprint density at radius 3 is 2.93 bits per heavy atom. The maximum atomic E-state index is 5.76. The van der Waals surface area contributed by atoms with Gasteiger partial charge >= 0.3 is 0 Å². The van der Waals surface area contributed by atoms with Crippen LogP contribution in [0, 0.1) is 0 Å². The van der Waals surface area contributed by atoms with E-state index in [1.165, 1.54) is 0 Å². The molecular weight excluding hydrogens is 223 g/mol. The summed E-state index contributed by atoms with van der Waals surface area (Å²) in [5.41, 5.74) is 8.51. The van der Waals surface area contributed by atoms with Crippen LogP contribution in [0.1, 0.15) is 5.56 Å². The molecule has 4 nitrogen and oxygen atoms in total. The Bertz CT molecular complexity index is 362.